The van der Waals surface area contributed by atoms with Gasteiger partial charge in [0.05, 0.1) is 0 Å². The molecule has 0 bridgehead atoms. The summed E-state index contributed by atoms with van der Waals surface area (Å²) in [6.45, 7) is 7.62. The molecule has 5 heteroatoms. The Morgan fingerprint density at radius 2 is 1.47 bits per heavy atom. The Labute approximate surface area is 112 Å². The van der Waals surface area contributed by atoms with Crippen molar-refractivity contribution in [1.29, 1.82) is 0 Å². The van der Waals surface area contributed by atoms with Gasteiger partial charge in [-0.3, -0.25) is 0 Å². The van der Waals surface area contributed by atoms with E-state index in [9.17, 15) is 0 Å². The van der Waals surface area contributed by atoms with Crippen molar-refractivity contribution in [2.24, 2.45) is 5.41 Å². The van der Waals surface area contributed by atoms with E-state index < -0.39 is 8.80 Å². The van der Waals surface area contributed by atoms with Crippen LogP contribution in [0.4, 0.5) is 0 Å². The van der Waals surface area contributed by atoms with Crippen molar-refractivity contribution in [3.63, 3.8) is 0 Å². The average Bonchev–Trinajstić information content (AvgIpc) is 2.36. The van der Waals surface area contributed by atoms with Crippen molar-refractivity contribution in [3.05, 3.63) is 25.3 Å². The van der Waals surface area contributed by atoms with Crippen LogP contribution in [-0.2, 0) is 13.3 Å². The molecule has 0 spiro atoms. The number of thiol groups is 1. The second-order valence-corrected chi connectivity index (χ2v) is 7.38. The number of rotatable bonds is 10. The summed E-state index contributed by atoms with van der Waals surface area (Å²) in [5, 5.41) is 0. The molecule has 0 aliphatic rings. The minimum Gasteiger partial charge on any atom is -0.377 e. The zero-order chi connectivity index (χ0) is 13.4. The second-order valence-electron chi connectivity index (χ2n) is 4.12. The van der Waals surface area contributed by atoms with Crippen molar-refractivity contribution < 1.29 is 13.3 Å². The molecule has 0 saturated carbocycles. The van der Waals surface area contributed by atoms with Crippen molar-refractivity contribution in [2.45, 2.75) is 18.9 Å². The van der Waals surface area contributed by atoms with Gasteiger partial charge in [0.15, 0.2) is 0 Å². The van der Waals surface area contributed by atoms with Gasteiger partial charge in [-0.2, -0.15) is 12.6 Å². The molecule has 100 valence electrons. The molecule has 0 aromatic rings. The molecular formula is C12H24O3SSi. The second kappa shape index (κ2) is 8.10. The van der Waals surface area contributed by atoms with Gasteiger partial charge in [-0.1, -0.05) is 12.2 Å². The Balaban J connectivity index is 5.03. The third-order valence-corrected chi connectivity index (χ3v) is 6.73. The van der Waals surface area contributed by atoms with E-state index in [1.165, 1.54) is 0 Å². The van der Waals surface area contributed by atoms with Gasteiger partial charge in [-0.15, -0.1) is 13.2 Å². The predicted molar refractivity (Wildman–Crippen MR) is 77.5 cm³/mol. The first kappa shape index (κ1) is 16.9. The number of hydrogen-bond donors (Lipinski definition) is 1. The molecule has 0 saturated heterocycles. The highest BCUT2D eigenvalue weighted by molar-refractivity contribution is 7.80. The van der Waals surface area contributed by atoms with Crippen molar-refractivity contribution in [3.8, 4) is 0 Å². The van der Waals surface area contributed by atoms with Crippen molar-refractivity contribution >= 4 is 21.4 Å². The first-order valence-corrected chi connectivity index (χ1v) is 8.12. The fourth-order valence-corrected chi connectivity index (χ4v) is 4.80. The van der Waals surface area contributed by atoms with Crippen LogP contribution in [0, 0.1) is 5.41 Å². The minimum absolute atomic E-state index is 0.0547. The lowest BCUT2D eigenvalue weighted by molar-refractivity contribution is 0.109. The van der Waals surface area contributed by atoms with Crippen LogP contribution in [0.2, 0.25) is 6.04 Å². The maximum atomic E-state index is 5.48. The van der Waals surface area contributed by atoms with E-state index >= 15 is 0 Å². The van der Waals surface area contributed by atoms with Crippen LogP contribution < -0.4 is 0 Å². The molecule has 0 aromatic heterocycles. The monoisotopic (exact) mass is 276 g/mol. The van der Waals surface area contributed by atoms with Crippen LogP contribution in [0.5, 0.6) is 0 Å². The standard InChI is InChI=1S/C12H24O3SSi/c1-6-8-12(10-16,9-7-2)11-17(13-3,14-4)15-5/h6-7,16H,1-2,8-11H2,3-5H3. The third kappa shape index (κ3) is 4.60. The van der Waals surface area contributed by atoms with Crippen LogP contribution in [0.1, 0.15) is 12.8 Å². The van der Waals surface area contributed by atoms with Gasteiger partial charge in [0.25, 0.3) is 0 Å². The summed E-state index contributed by atoms with van der Waals surface area (Å²) in [5.41, 5.74) is -0.0547. The van der Waals surface area contributed by atoms with E-state index in [0.717, 1.165) is 18.6 Å². The van der Waals surface area contributed by atoms with E-state index in [0.29, 0.717) is 6.04 Å². The molecule has 0 N–H and O–H groups in total. The maximum Gasteiger partial charge on any atom is 0.500 e. The van der Waals surface area contributed by atoms with E-state index in [1.807, 2.05) is 12.2 Å². The molecule has 0 unspecified atom stereocenters. The Morgan fingerprint density at radius 1 is 1.06 bits per heavy atom. The first-order chi connectivity index (χ1) is 8.07. The summed E-state index contributed by atoms with van der Waals surface area (Å²) in [6.07, 6.45) is 5.49. The molecular weight excluding hydrogens is 252 g/mol. The molecule has 0 aromatic carbocycles. The molecule has 17 heavy (non-hydrogen) atoms. The molecule has 0 aliphatic heterocycles. The van der Waals surface area contributed by atoms with Gasteiger partial charge in [-0.25, -0.2) is 0 Å². The van der Waals surface area contributed by atoms with Crippen LogP contribution in [0.3, 0.4) is 0 Å². The van der Waals surface area contributed by atoms with Gasteiger partial charge < -0.3 is 13.3 Å². The van der Waals surface area contributed by atoms with E-state index in [2.05, 4.69) is 25.8 Å². The molecule has 0 amide bonds. The lowest BCUT2D eigenvalue weighted by atomic mass is 9.85. The summed E-state index contributed by atoms with van der Waals surface area (Å²) in [7, 11) is 2.30. The third-order valence-electron chi connectivity index (χ3n) is 3.01. The summed E-state index contributed by atoms with van der Waals surface area (Å²) in [5.74, 6) is 0.718. The van der Waals surface area contributed by atoms with E-state index in [-0.39, 0.29) is 5.41 Å². The summed E-state index contributed by atoms with van der Waals surface area (Å²) >= 11 is 4.46. The SMILES string of the molecule is C=CCC(CS)(CC=C)C[Si](OC)(OC)OC. The smallest absolute Gasteiger partial charge is 0.377 e. The lowest BCUT2D eigenvalue weighted by Gasteiger charge is -2.36. The Morgan fingerprint density at radius 3 is 1.71 bits per heavy atom. The van der Waals surface area contributed by atoms with Gasteiger partial charge >= 0.3 is 8.80 Å². The van der Waals surface area contributed by atoms with E-state index in [1.54, 1.807) is 21.3 Å². The molecule has 0 atom stereocenters. The van der Waals surface area contributed by atoms with Crippen LogP contribution in [0.25, 0.3) is 0 Å². The van der Waals surface area contributed by atoms with Gasteiger partial charge in [0.1, 0.15) is 0 Å². The molecule has 0 rings (SSSR count). The van der Waals surface area contributed by atoms with Crippen LogP contribution >= 0.6 is 12.6 Å². The van der Waals surface area contributed by atoms with Crippen LogP contribution in [-0.4, -0.2) is 35.9 Å². The Kier molecular flexibility index (Phi) is 8.07. The van der Waals surface area contributed by atoms with Gasteiger partial charge in [0, 0.05) is 27.4 Å². The van der Waals surface area contributed by atoms with Crippen molar-refractivity contribution in [2.75, 3.05) is 27.1 Å². The minimum atomic E-state index is -2.59. The van der Waals surface area contributed by atoms with Gasteiger partial charge in [-0.05, 0) is 24.0 Å². The maximum absolute atomic E-state index is 5.48. The largest absolute Gasteiger partial charge is 0.500 e. The molecule has 0 aliphatic carbocycles. The topological polar surface area (TPSA) is 27.7 Å². The fourth-order valence-electron chi connectivity index (χ4n) is 1.95. The zero-order valence-corrected chi connectivity index (χ0v) is 13.0. The van der Waals surface area contributed by atoms with Crippen molar-refractivity contribution in [1.82, 2.24) is 0 Å². The highest BCUT2D eigenvalue weighted by Crippen LogP contribution is 2.38. The Bertz CT molecular complexity index is 224. The van der Waals surface area contributed by atoms with E-state index in [4.69, 9.17) is 13.3 Å². The number of allylic oxidation sites excluding steroid dienone is 2. The highest BCUT2D eigenvalue weighted by atomic mass is 32.1. The number of hydrogen-bond acceptors (Lipinski definition) is 4. The average molecular weight is 276 g/mol. The highest BCUT2D eigenvalue weighted by Gasteiger charge is 2.46. The molecule has 0 fully saturated rings. The molecule has 3 nitrogen and oxygen atoms in total. The molecule has 0 radical (unpaired) electrons. The summed E-state index contributed by atoms with van der Waals surface area (Å²) < 4.78 is 16.4. The normalized spacial score (nSPS) is 12.5. The zero-order valence-electron chi connectivity index (χ0n) is 11.1. The quantitative estimate of drug-likeness (QED) is 0.378. The molecule has 0 heterocycles. The Hall–Kier alpha value is -0.0731. The summed E-state index contributed by atoms with van der Waals surface area (Å²) in [4.78, 5) is 0. The lowest BCUT2D eigenvalue weighted by Crippen LogP contribution is -2.48. The first-order valence-electron chi connectivity index (χ1n) is 5.55. The predicted octanol–water partition coefficient (Wildman–Crippen LogP) is 2.93. The van der Waals surface area contributed by atoms with Crippen LogP contribution in [0.15, 0.2) is 25.3 Å². The van der Waals surface area contributed by atoms with Gasteiger partial charge in [0.2, 0.25) is 0 Å². The fraction of sp³-hybridized carbons (Fsp3) is 0.667. The summed E-state index contributed by atoms with van der Waals surface area (Å²) in [6, 6.07) is 0.713.